The van der Waals surface area contributed by atoms with Gasteiger partial charge in [0.1, 0.15) is 6.10 Å². The molecule has 72 valence electrons. The molecule has 1 heterocycles. The molecule has 1 aromatic rings. The van der Waals surface area contributed by atoms with E-state index in [9.17, 15) is 4.79 Å². The van der Waals surface area contributed by atoms with Crippen LogP contribution in [0, 0.1) is 6.92 Å². The van der Waals surface area contributed by atoms with Crippen molar-refractivity contribution in [3.8, 4) is 0 Å². The van der Waals surface area contributed by atoms with Gasteiger partial charge in [-0.3, -0.25) is 10.1 Å². The van der Waals surface area contributed by atoms with Crippen LogP contribution in [0.15, 0.2) is 10.6 Å². The van der Waals surface area contributed by atoms with Crippen LogP contribution in [0.3, 0.4) is 0 Å². The summed E-state index contributed by atoms with van der Waals surface area (Å²) >= 11 is 0. The second-order valence-corrected chi connectivity index (χ2v) is 2.70. The van der Waals surface area contributed by atoms with E-state index in [-0.39, 0.29) is 5.91 Å². The van der Waals surface area contributed by atoms with Gasteiger partial charge < -0.3 is 9.26 Å². The van der Waals surface area contributed by atoms with Crippen LogP contribution in [-0.4, -0.2) is 24.3 Å². The Hall–Kier alpha value is -1.36. The van der Waals surface area contributed by atoms with E-state index in [4.69, 9.17) is 9.26 Å². The number of amides is 1. The second kappa shape index (κ2) is 4.04. The average Bonchev–Trinajstić information content (AvgIpc) is 2.49. The number of methoxy groups -OCH3 is 1. The summed E-state index contributed by atoms with van der Waals surface area (Å²) in [5.74, 6) is 0.0880. The second-order valence-electron chi connectivity index (χ2n) is 2.70. The highest BCUT2D eigenvalue weighted by molar-refractivity contribution is 5.92. The number of aromatic nitrogens is 1. The van der Waals surface area contributed by atoms with Crippen molar-refractivity contribution in [2.75, 3.05) is 12.4 Å². The van der Waals surface area contributed by atoms with E-state index >= 15 is 0 Å². The quantitative estimate of drug-likeness (QED) is 0.759. The van der Waals surface area contributed by atoms with Gasteiger partial charge in [-0.05, 0) is 13.8 Å². The summed E-state index contributed by atoms with van der Waals surface area (Å²) in [5.41, 5.74) is 0.723. The Kier molecular flexibility index (Phi) is 3.02. The number of carbonyl (C=O) groups is 1. The van der Waals surface area contributed by atoms with Gasteiger partial charge in [-0.2, -0.15) is 0 Å². The molecule has 0 aromatic carbocycles. The third-order valence-electron chi connectivity index (χ3n) is 1.60. The van der Waals surface area contributed by atoms with E-state index in [2.05, 4.69) is 10.5 Å². The molecule has 0 saturated heterocycles. The SMILES string of the molecule is COC(C)C(=O)Nc1cc(C)no1. The molecule has 1 rings (SSSR count). The summed E-state index contributed by atoms with van der Waals surface area (Å²) in [6.45, 7) is 3.43. The molecule has 0 radical (unpaired) electrons. The first-order valence-corrected chi connectivity index (χ1v) is 3.90. The van der Waals surface area contributed by atoms with E-state index in [1.807, 2.05) is 0 Å². The third kappa shape index (κ3) is 2.55. The minimum atomic E-state index is -0.495. The van der Waals surface area contributed by atoms with Gasteiger partial charge in [0.2, 0.25) is 5.88 Å². The predicted molar refractivity (Wildman–Crippen MR) is 46.3 cm³/mol. The van der Waals surface area contributed by atoms with E-state index in [1.54, 1.807) is 19.9 Å². The number of nitrogens with zero attached hydrogens (tertiary/aromatic N) is 1. The predicted octanol–water partition coefficient (Wildman–Crippen LogP) is 0.956. The van der Waals surface area contributed by atoms with Crippen LogP contribution in [0.25, 0.3) is 0 Å². The van der Waals surface area contributed by atoms with Gasteiger partial charge in [-0.15, -0.1) is 0 Å². The molecule has 5 heteroatoms. The minimum absolute atomic E-state index is 0.251. The lowest BCUT2D eigenvalue weighted by molar-refractivity contribution is -0.124. The molecule has 1 aromatic heterocycles. The van der Waals surface area contributed by atoms with Crippen molar-refractivity contribution in [2.45, 2.75) is 20.0 Å². The summed E-state index contributed by atoms with van der Waals surface area (Å²) in [5, 5.41) is 6.14. The lowest BCUT2D eigenvalue weighted by Gasteiger charge is -2.06. The molecule has 1 amide bonds. The maximum Gasteiger partial charge on any atom is 0.255 e. The molecule has 0 fully saturated rings. The highest BCUT2D eigenvalue weighted by atomic mass is 16.5. The van der Waals surface area contributed by atoms with Gasteiger partial charge >= 0.3 is 0 Å². The van der Waals surface area contributed by atoms with Crippen LogP contribution < -0.4 is 5.32 Å². The zero-order chi connectivity index (χ0) is 9.84. The van der Waals surface area contributed by atoms with Gasteiger partial charge in [0.05, 0.1) is 5.69 Å². The standard InChI is InChI=1S/C8H12N2O3/c1-5-4-7(13-10-5)9-8(11)6(2)12-3/h4,6H,1-3H3,(H,9,11). The van der Waals surface area contributed by atoms with Crippen LogP contribution in [0.5, 0.6) is 0 Å². The Morgan fingerprint density at radius 3 is 2.92 bits per heavy atom. The number of nitrogens with one attached hydrogen (secondary N) is 1. The fourth-order valence-electron chi connectivity index (χ4n) is 0.753. The summed E-state index contributed by atoms with van der Waals surface area (Å²) in [6.07, 6.45) is -0.495. The lowest BCUT2D eigenvalue weighted by atomic mass is 10.4. The highest BCUT2D eigenvalue weighted by Crippen LogP contribution is 2.08. The number of ether oxygens (including phenoxy) is 1. The van der Waals surface area contributed by atoms with Crippen molar-refractivity contribution in [3.63, 3.8) is 0 Å². The van der Waals surface area contributed by atoms with Crippen molar-refractivity contribution in [1.29, 1.82) is 0 Å². The lowest BCUT2D eigenvalue weighted by Crippen LogP contribution is -2.26. The topological polar surface area (TPSA) is 64.4 Å². The van der Waals surface area contributed by atoms with Crippen molar-refractivity contribution in [2.24, 2.45) is 0 Å². The van der Waals surface area contributed by atoms with Crippen molar-refractivity contribution in [3.05, 3.63) is 11.8 Å². The fourth-order valence-corrected chi connectivity index (χ4v) is 0.753. The molecule has 1 N–H and O–H groups in total. The van der Waals surface area contributed by atoms with E-state index < -0.39 is 6.10 Å². The molecule has 5 nitrogen and oxygen atoms in total. The molecule has 1 unspecified atom stereocenters. The first-order valence-electron chi connectivity index (χ1n) is 3.90. The van der Waals surface area contributed by atoms with Crippen LogP contribution >= 0.6 is 0 Å². The number of hydrogen-bond donors (Lipinski definition) is 1. The molecule has 0 aliphatic rings. The van der Waals surface area contributed by atoms with Gasteiger partial charge in [0, 0.05) is 13.2 Å². The molecule has 0 aliphatic carbocycles. The van der Waals surface area contributed by atoms with Gasteiger partial charge in [0.25, 0.3) is 5.91 Å². The molecule has 0 spiro atoms. The van der Waals surface area contributed by atoms with Crippen LogP contribution in [-0.2, 0) is 9.53 Å². The number of rotatable bonds is 3. The van der Waals surface area contributed by atoms with Gasteiger partial charge in [-0.1, -0.05) is 5.16 Å². The van der Waals surface area contributed by atoms with E-state index in [1.165, 1.54) is 7.11 Å². The largest absolute Gasteiger partial charge is 0.372 e. The maximum absolute atomic E-state index is 11.2. The highest BCUT2D eigenvalue weighted by Gasteiger charge is 2.13. The minimum Gasteiger partial charge on any atom is -0.372 e. The van der Waals surface area contributed by atoms with Crippen LogP contribution in [0.2, 0.25) is 0 Å². The fraction of sp³-hybridized carbons (Fsp3) is 0.500. The zero-order valence-electron chi connectivity index (χ0n) is 7.83. The van der Waals surface area contributed by atoms with E-state index in [0.717, 1.165) is 5.69 Å². The normalized spacial score (nSPS) is 12.5. The van der Waals surface area contributed by atoms with Crippen molar-refractivity contribution < 1.29 is 14.1 Å². The van der Waals surface area contributed by atoms with Gasteiger partial charge in [0.15, 0.2) is 0 Å². The summed E-state index contributed by atoms with van der Waals surface area (Å²) in [7, 11) is 1.47. The third-order valence-corrected chi connectivity index (χ3v) is 1.60. The molecule has 0 bridgehead atoms. The smallest absolute Gasteiger partial charge is 0.255 e. The Balaban J connectivity index is 2.54. The monoisotopic (exact) mass is 184 g/mol. The number of hydrogen-bond acceptors (Lipinski definition) is 4. The number of aryl methyl sites for hydroxylation is 1. The maximum atomic E-state index is 11.2. The van der Waals surface area contributed by atoms with Crippen molar-refractivity contribution in [1.82, 2.24) is 5.16 Å². The van der Waals surface area contributed by atoms with Crippen LogP contribution in [0.1, 0.15) is 12.6 Å². The van der Waals surface area contributed by atoms with Gasteiger partial charge in [-0.25, -0.2) is 0 Å². The summed E-state index contributed by atoms with van der Waals surface area (Å²) < 4.78 is 9.61. The zero-order valence-corrected chi connectivity index (χ0v) is 7.83. The molecule has 0 aliphatic heterocycles. The molecular weight excluding hydrogens is 172 g/mol. The Labute approximate surface area is 76.0 Å². The Bertz CT molecular complexity index is 295. The molecule has 13 heavy (non-hydrogen) atoms. The van der Waals surface area contributed by atoms with Crippen LogP contribution in [0.4, 0.5) is 5.88 Å². The van der Waals surface area contributed by atoms with E-state index in [0.29, 0.717) is 5.88 Å². The summed E-state index contributed by atoms with van der Waals surface area (Å²) in [6, 6.07) is 1.64. The number of anilines is 1. The molecule has 1 atom stereocenters. The first-order chi connectivity index (χ1) is 6.13. The number of carbonyl (C=O) groups excluding carboxylic acids is 1. The summed E-state index contributed by atoms with van der Waals surface area (Å²) in [4.78, 5) is 11.2. The molecule has 0 saturated carbocycles. The first kappa shape index (κ1) is 9.73. The Morgan fingerprint density at radius 1 is 1.77 bits per heavy atom. The van der Waals surface area contributed by atoms with Crippen molar-refractivity contribution >= 4 is 11.8 Å². The Morgan fingerprint density at radius 2 is 2.46 bits per heavy atom. The molecular formula is C8H12N2O3. The average molecular weight is 184 g/mol.